The molecule has 0 spiro atoms. The molecule has 2 rings (SSSR count). The van der Waals surface area contributed by atoms with E-state index in [0.717, 1.165) is 0 Å². The Morgan fingerprint density at radius 2 is 2.33 bits per heavy atom. The molecule has 0 radical (unpaired) electrons. The molecule has 2 N–H and O–H groups in total. The van der Waals surface area contributed by atoms with E-state index in [0.29, 0.717) is 36.8 Å². The van der Waals surface area contributed by atoms with Crippen molar-refractivity contribution in [2.24, 2.45) is 0 Å². The van der Waals surface area contributed by atoms with Gasteiger partial charge in [0, 0.05) is 12.1 Å². The van der Waals surface area contributed by atoms with Gasteiger partial charge in [0.1, 0.15) is 5.75 Å². The average Bonchev–Trinajstić information content (AvgIpc) is 2.39. The molecule has 1 atom stereocenters. The van der Waals surface area contributed by atoms with Crippen molar-refractivity contribution in [3.63, 3.8) is 0 Å². The van der Waals surface area contributed by atoms with Crippen LogP contribution in [-0.4, -0.2) is 43.7 Å². The molecule has 5 nitrogen and oxygen atoms in total. The molecule has 0 saturated carbocycles. The predicted molar refractivity (Wildman–Crippen MR) is 68.7 cm³/mol. The number of morpholine rings is 1. The third-order valence-corrected chi connectivity index (χ3v) is 3.11. The van der Waals surface area contributed by atoms with Crippen molar-refractivity contribution in [3.8, 4) is 5.75 Å². The van der Waals surface area contributed by atoms with Crippen molar-refractivity contribution in [2.45, 2.75) is 13.0 Å². The molecule has 1 heterocycles. The summed E-state index contributed by atoms with van der Waals surface area (Å²) in [6.07, 6.45) is 0. The van der Waals surface area contributed by atoms with Crippen LogP contribution in [-0.2, 0) is 4.74 Å². The Morgan fingerprint density at radius 1 is 1.56 bits per heavy atom. The average molecular weight is 250 g/mol. The van der Waals surface area contributed by atoms with Gasteiger partial charge in [0.2, 0.25) is 0 Å². The molecule has 1 saturated heterocycles. The Labute approximate surface area is 106 Å². The predicted octanol–water partition coefficient (Wildman–Crippen LogP) is 1.14. The topological polar surface area (TPSA) is 64.8 Å². The quantitative estimate of drug-likeness (QED) is 0.799. The van der Waals surface area contributed by atoms with Gasteiger partial charge in [-0.05, 0) is 25.1 Å². The number of carbonyl (C=O) groups excluding carboxylic acids is 1. The van der Waals surface area contributed by atoms with Gasteiger partial charge in [0.05, 0.1) is 32.1 Å². The highest BCUT2D eigenvalue weighted by Crippen LogP contribution is 2.23. The summed E-state index contributed by atoms with van der Waals surface area (Å²) < 4.78 is 10.5. The van der Waals surface area contributed by atoms with E-state index in [4.69, 9.17) is 15.2 Å². The number of anilines is 1. The first-order chi connectivity index (χ1) is 8.63. The molecule has 18 heavy (non-hydrogen) atoms. The zero-order valence-corrected chi connectivity index (χ0v) is 10.7. The second-order valence-electron chi connectivity index (χ2n) is 4.38. The van der Waals surface area contributed by atoms with Crippen molar-refractivity contribution < 1.29 is 14.3 Å². The minimum Gasteiger partial charge on any atom is -0.495 e. The summed E-state index contributed by atoms with van der Waals surface area (Å²) in [5.74, 6) is 0.519. The number of nitrogens with zero attached hydrogens (tertiary/aromatic N) is 1. The lowest BCUT2D eigenvalue weighted by Gasteiger charge is -2.33. The monoisotopic (exact) mass is 250 g/mol. The van der Waals surface area contributed by atoms with Gasteiger partial charge in [-0.1, -0.05) is 0 Å². The minimum absolute atomic E-state index is 0.0101. The van der Waals surface area contributed by atoms with Gasteiger partial charge in [0.25, 0.3) is 5.91 Å². The molecular weight excluding hydrogens is 232 g/mol. The molecule has 0 bridgehead atoms. The second kappa shape index (κ2) is 5.27. The Hall–Kier alpha value is -1.75. The van der Waals surface area contributed by atoms with E-state index in [1.165, 1.54) is 7.11 Å². The van der Waals surface area contributed by atoms with Gasteiger partial charge in [-0.2, -0.15) is 0 Å². The molecular formula is C13H18N2O3. The third-order valence-electron chi connectivity index (χ3n) is 3.11. The molecule has 98 valence electrons. The van der Waals surface area contributed by atoms with Gasteiger partial charge in [-0.25, -0.2) is 0 Å². The number of amides is 1. The van der Waals surface area contributed by atoms with Crippen LogP contribution in [0.25, 0.3) is 0 Å². The van der Waals surface area contributed by atoms with Crippen LogP contribution in [0.3, 0.4) is 0 Å². The molecule has 0 aromatic heterocycles. The number of hydrogen-bond acceptors (Lipinski definition) is 4. The summed E-state index contributed by atoms with van der Waals surface area (Å²) in [4.78, 5) is 14.2. The van der Waals surface area contributed by atoms with Crippen molar-refractivity contribution in [1.29, 1.82) is 0 Å². The summed E-state index contributed by atoms with van der Waals surface area (Å²) in [6, 6.07) is 5.19. The first-order valence-electron chi connectivity index (χ1n) is 5.95. The molecule has 0 aliphatic carbocycles. The first kappa shape index (κ1) is 12.7. The Balaban J connectivity index is 2.22. The molecule has 1 aliphatic rings. The standard InChI is InChI=1S/C13H18N2O3/c1-9-8-18-6-5-15(9)13(16)10-3-4-11(14)12(7-10)17-2/h3-4,7,9H,5-6,8,14H2,1-2H3/t9-/m0/s1. The number of carbonyl (C=O) groups is 1. The number of ether oxygens (including phenoxy) is 2. The Bertz CT molecular complexity index is 448. The van der Waals surface area contributed by atoms with Crippen molar-refractivity contribution in [2.75, 3.05) is 32.6 Å². The normalized spacial score (nSPS) is 19.7. The summed E-state index contributed by atoms with van der Waals surface area (Å²) in [5, 5.41) is 0. The number of benzene rings is 1. The van der Waals surface area contributed by atoms with E-state index in [2.05, 4.69) is 0 Å². The van der Waals surface area contributed by atoms with Crippen LogP contribution < -0.4 is 10.5 Å². The summed E-state index contributed by atoms with van der Waals surface area (Å²) >= 11 is 0. The fourth-order valence-corrected chi connectivity index (χ4v) is 2.04. The number of rotatable bonds is 2. The van der Waals surface area contributed by atoms with E-state index in [1.807, 2.05) is 11.8 Å². The Kier molecular flexibility index (Phi) is 3.72. The largest absolute Gasteiger partial charge is 0.495 e. The zero-order valence-electron chi connectivity index (χ0n) is 10.7. The molecule has 1 aliphatic heterocycles. The van der Waals surface area contributed by atoms with Crippen LogP contribution in [0.4, 0.5) is 5.69 Å². The Morgan fingerprint density at radius 3 is 3.00 bits per heavy atom. The fourth-order valence-electron chi connectivity index (χ4n) is 2.04. The lowest BCUT2D eigenvalue weighted by Crippen LogP contribution is -2.47. The number of hydrogen-bond donors (Lipinski definition) is 1. The maximum Gasteiger partial charge on any atom is 0.254 e. The van der Waals surface area contributed by atoms with Crippen LogP contribution in [0, 0.1) is 0 Å². The van der Waals surface area contributed by atoms with Gasteiger partial charge in [0.15, 0.2) is 0 Å². The molecule has 5 heteroatoms. The summed E-state index contributed by atoms with van der Waals surface area (Å²) in [7, 11) is 1.54. The van der Waals surface area contributed by atoms with E-state index in [1.54, 1.807) is 18.2 Å². The molecule has 1 aromatic rings. The van der Waals surface area contributed by atoms with Crippen LogP contribution in [0.2, 0.25) is 0 Å². The zero-order chi connectivity index (χ0) is 13.1. The summed E-state index contributed by atoms with van der Waals surface area (Å²) in [5.41, 5.74) is 6.86. The third kappa shape index (κ3) is 2.41. The van der Waals surface area contributed by atoms with Crippen LogP contribution in [0.15, 0.2) is 18.2 Å². The highest BCUT2D eigenvalue weighted by Gasteiger charge is 2.25. The van der Waals surface area contributed by atoms with E-state index in [-0.39, 0.29) is 11.9 Å². The van der Waals surface area contributed by atoms with E-state index >= 15 is 0 Å². The second-order valence-corrected chi connectivity index (χ2v) is 4.38. The molecule has 0 unspecified atom stereocenters. The van der Waals surface area contributed by atoms with E-state index < -0.39 is 0 Å². The first-order valence-corrected chi connectivity index (χ1v) is 5.95. The van der Waals surface area contributed by atoms with Crippen LogP contribution in [0.1, 0.15) is 17.3 Å². The van der Waals surface area contributed by atoms with Crippen molar-refractivity contribution in [3.05, 3.63) is 23.8 Å². The van der Waals surface area contributed by atoms with Gasteiger partial charge >= 0.3 is 0 Å². The van der Waals surface area contributed by atoms with Gasteiger partial charge < -0.3 is 20.1 Å². The molecule has 1 aromatic carbocycles. The fraction of sp³-hybridized carbons (Fsp3) is 0.462. The maximum absolute atomic E-state index is 12.4. The number of nitrogen functional groups attached to an aromatic ring is 1. The van der Waals surface area contributed by atoms with Crippen LogP contribution >= 0.6 is 0 Å². The highest BCUT2D eigenvalue weighted by molar-refractivity contribution is 5.95. The van der Waals surface area contributed by atoms with Crippen molar-refractivity contribution >= 4 is 11.6 Å². The van der Waals surface area contributed by atoms with Gasteiger partial charge in [-0.15, -0.1) is 0 Å². The van der Waals surface area contributed by atoms with Gasteiger partial charge in [-0.3, -0.25) is 4.79 Å². The van der Waals surface area contributed by atoms with Crippen molar-refractivity contribution in [1.82, 2.24) is 4.90 Å². The van der Waals surface area contributed by atoms with Crippen LogP contribution in [0.5, 0.6) is 5.75 Å². The van der Waals surface area contributed by atoms with E-state index in [9.17, 15) is 4.79 Å². The highest BCUT2D eigenvalue weighted by atomic mass is 16.5. The lowest BCUT2D eigenvalue weighted by atomic mass is 10.1. The molecule has 1 amide bonds. The number of nitrogens with two attached hydrogens (primary N) is 1. The minimum atomic E-state index is -0.0101. The number of methoxy groups -OCH3 is 1. The smallest absolute Gasteiger partial charge is 0.254 e. The molecule has 1 fully saturated rings. The SMILES string of the molecule is COc1cc(C(=O)N2CCOC[C@@H]2C)ccc1N. The maximum atomic E-state index is 12.4. The lowest BCUT2D eigenvalue weighted by molar-refractivity contribution is 0.00358. The summed E-state index contributed by atoms with van der Waals surface area (Å²) in [6.45, 7) is 3.76.